The Balaban J connectivity index is 0.000000178. The largest absolute Gasteiger partial charge is 2.00 e. The van der Waals surface area contributed by atoms with Gasteiger partial charge in [-0.2, -0.15) is 0 Å². The molecule has 0 saturated heterocycles. The third kappa shape index (κ3) is 9.69. The zero-order valence-corrected chi connectivity index (χ0v) is 33.1. The van der Waals surface area contributed by atoms with Crippen molar-refractivity contribution in [3.05, 3.63) is 255 Å². The standard InChI is InChI=1S/2C25H22P.Fe/c2*1-20(21-12-5-2-6-13-21)24-18-11-19-25(24)26(22-14-7-3-8-15-22)23-16-9-4-10-17-23;/h2*2-20H,1H3;/q;;+2/t2*20-;/m11./s1. The summed E-state index contributed by atoms with van der Waals surface area (Å²) in [7, 11) is -1.11. The Kier molecular flexibility index (Phi) is 14.8. The molecule has 0 aliphatic heterocycles. The van der Waals surface area contributed by atoms with Gasteiger partial charge < -0.3 is 0 Å². The third-order valence-electron chi connectivity index (χ3n) is 9.72. The van der Waals surface area contributed by atoms with Gasteiger partial charge in [0.05, 0.1) is 0 Å². The average molecular weight is 763 g/mol. The van der Waals surface area contributed by atoms with E-state index in [0.29, 0.717) is 11.8 Å². The second kappa shape index (κ2) is 19.9. The maximum Gasteiger partial charge on any atom is 2.00 e. The first-order valence-electron chi connectivity index (χ1n) is 18.1. The van der Waals surface area contributed by atoms with E-state index < -0.39 is 15.8 Å². The molecule has 260 valence electrons. The molecule has 6 aromatic rings. The molecular weight excluding hydrogens is 718 g/mol. The Morgan fingerprint density at radius 2 is 0.566 bits per heavy atom. The topological polar surface area (TPSA) is 0 Å². The van der Waals surface area contributed by atoms with E-state index in [1.807, 2.05) is 0 Å². The van der Waals surface area contributed by atoms with Crippen LogP contribution in [-0.4, -0.2) is 0 Å². The second-order valence-corrected chi connectivity index (χ2v) is 17.4. The van der Waals surface area contributed by atoms with Crippen LogP contribution in [0.15, 0.2) is 182 Å². The van der Waals surface area contributed by atoms with Gasteiger partial charge in [-0.25, -0.2) is 0 Å². The average Bonchev–Trinajstić information content (AvgIpc) is 3.91. The Morgan fingerprint density at radius 1 is 0.321 bits per heavy atom. The molecule has 0 unspecified atom stereocenters. The zero-order valence-electron chi connectivity index (χ0n) is 30.2. The van der Waals surface area contributed by atoms with Crippen LogP contribution < -0.4 is 21.2 Å². The Morgan fingerprint density at radius 3 is 0.830 bits per heavy atom. The van der Waals surface area contributed by atoms with Gasteiger partial charge in [0.1, 0.15) is 0 Å². The zero-order chi connectivity index (χ0) is 35.5. The Bertz CT molecular complexity index is 1670. The van der Waals surface area contributed by atoms with Crippen LogP contribution >= 0.6 is 15.8 Å². The van der Waals surface area contributed by atoms with Crippen LogP contribution in [0, 0.1) is 61.7 Å². The maximum absolute atomic E-state index is 2.32. The summed E-state index contributed by atoms with van der Waals surface area (Å²) >= 11 is 0. The van der Waals surface area contributed by atoms with Crippen molar-refractivity contribution in [2.24, 2.45) is 0 Å². The molecule has 2 fully saturated rings. The summed E-state index contributed by atoms with van der Waals surface area (Å²) in [6.07, 6.45) is 13.7. The molecule has 0 aromatic heterocycles. The molecule has 2 aliphatic rings. The first kappa shape index (κ1) is 39.4. The molecule has 10 radical (unpaired) electrons. The van der Waals surface area contributed by atoms with E-state index in [4.69, 9.17) is 0 Å². The molecule has 6 aromatic carbocycles. The molecule has 0 heterocycles. The van der Waals surface area contributed by atoms with Gasteiger partial charge in [0.25, 0.3) is 0 Å². The van der Waals surface area contributed by atoms with Crippen LogP contribution in [0.5, 0.6) is 0 Å². The van der Waals surface area contributed by atoms with Crippen molar-refractivity contribution in [2.75, 3.05) is 0 Å². The van der Waals surface area contributed by atoms with E-state index in [2.05, 4.69) is 234 Å². The Hall–Kier alpha value is -3.30. The van der Waals surface area contributed by atoms with Gasteiger partial charge in [-0.3, -0.25) is 0 Å². The fourth-order valence-electron chi connectivity index (χ4n) is 6.99. The molecule has 2 aliphatic carbocycles. The SMILES string of the molecule is C[C@@H]([C]1[CH][CH][CH][C]1P(c1ccccc1)c1ccccc1)c1ccccc1.C[C@@H]([C]1[CH][CH][CH][C]1P(c1ccccc1)c1ccccc1)c1ccccc1.[Fe+2]. The fourth-order valence-corrected chi connectivity index (χ4v) is 12.1. The van der Waals surface area contributed by atoms with Gasteiger partial charge in [-0.15, -0.1) is 0 Å². The van der Waals surface area contributed by atoms with E-state index in [0.717, 1.165) is 0 Å². The number of hydrogen-bond donors (Lipinski definition) is 0. The fraction of sp³-hybridized carbons (Fsp3) is 0.0800. The van der Waals surface area contributed by atoms with E-state index in [-0.39, 0.29) is 17.1 Å². The van der Waals surface area contributed by atoms with Crippen molar-refractivity contribution in [3.8, 4) is 0 Å². The first-order chi connectivity index (χ1) is 25.7. The number of benzene rings is 6. The van der Waals surface area contributed by atoms with E-state index >= 15 is 0 Å². The van der Waals surface area contributed by atoms with Gasteiger partial charge in [-0.1, -0.05) is 196 Å². The summed E-state index contributed by atoms with van der Waals surface area (Å²) in [5.41, 5.74) is 5.68. The number of hydrogen-bond acceptors (Lipinski definition) is 0. The molecule has 0 bridgehead atoms. The molecule has 0 nitrogen and oxygen atoms in total. The van der Waals surface area contributed by atoms with Crippen molar-refractivity contribution in [1.82, 2.24) is 0 Å². The van der Waals surface area contributed by atoms with Crippen LogP contribution in [0.25, 0.3) is 0 Å². The molecular formula is C50H44FeP2+2. The smallest absolute Gasteiger partial charge is 0.0622 e. The van der Waals surface area contributed by atoms with Crippen molar-refractivity contribution in [2.45, 2.75) is 25.7 Å². The minimum absolute atomic E-state index is 0. The van der Waals surface area contributed by atoms with Crippen molar-refractivity contribution in [3.63, 3.8) is 0 Å². The Labute approximate surface area is 332 Å². The minimum Gasteiger partial charge on any atom is -0.0622 e. The maximum atomic E-state index is 2.32. The van der Waals surface area contributed by atoms with Crippen LogP contribution in [0.4, 0.5) is 0 Å². The van der Waals surface area contributed by atoms with Gasteiger partial charge in [0.15, 0.2) is 0 Å². The van der Waals surface area contributed by atoms with E-state index in [1.165, 1.54) is 55.5 Å². The first-order valence-corrected chi connectivity index (χ1v) is 20.8. The number of rotatable bonds is 10. The van der Waals surface area contributed by atoms with Gasteiger partial charge in [0, 0.05) is 11.3 Å². The molecule has 3 heteroatoms. The summed E-state index contributed by atoms with van der Waals surface area (Å²) < 4.78 is 0. The minimum atomic E-state index is -0.553. The van der Waals surface area contributed by atoms with Crippen molar-refractivity contribution >= 4 is 37.1 Å². The summed E-state index contributed by atoms with van der Waals surface area (Å²) in [5, 5.41) is 5.62. The summed E-state index contributed by atoms with van der Waals surface area (Å²) in [5.74, 6) is 3.65. The van der Waals surface area contributed by atoms with Crippen LogP contribution in [-0.2, 0) is 17.1 Å². The normalized spacial score (nSPS) is 16.5. The van der Waals surface area contributed by atoms with Crippen molar-refractivity contribution in [1.29, 1.82) is 0 Å². The van der Waals surface area contributed by atoms with Crippen LogP contribution in [0.1, 0.15) is 36.8 Å². The van der Waals surface area contributed by atoms with E-state index in [1.54, 1.807) is 0 Å². The molecule has 2 atom stereocenters. The van der Waals surface area contributed by atoms with Crippen LogP contribution in [0.3, 0.4) is 0 Å². The predicted molar refractivity (Wildman–Crippen MR) is 227 cm³/mol. The van der Waals surface area contributed by atoms with Gasteiger partial charge in [0.2, 0.25) is 0 Å². The molecule has 0 spiro atoms. The van der Waals surface area contributed by atoms with Gasteiger partial charge in [-0.05, 0) is 110 Å². The summed E-state index contributed by atoms with van der Waals surface area (Å²) in [6, 6.07) is 65.3. The third-order valence-corrected chi connectivity index (χ3v) is 14.8. The second-order valence-electron chi connectivity index (χ2n) is 13.0. The monoisotopic (exact) mass is 762 g/mol. The molecule has 0 amide bonds. The predicted octanol–water partition coefficient (Wildman–Crippen LogP) is 11.3. The molecule has 2 saturated carbocycles. The quantitative estimate of drug-likeness (QED) is 0.0963. The molecule has 8 rings (SSSR count). The summed E-state index contributed by atoms with van der Waals surface area (Å²) in [6.45, 7) is 4.63. The van der Waals surface area contributed by atoms with Gasteiger partial charge >= 0.3 is 17.1 Å². The summed E-state index contributed by atoms with van der Waals surface area (Å²) in [4.78, 5) is 0. The van der Waals surface area contributed by atoms with Crippen LogP contribution in [0.2, 0.25) is 0 Å². The molecule has 53 heavy (non-hydrogen) atoms. The molecule has 0 N–H and O–H groups in total. The van der Waals surface area contributed by atoms with E-state index in [9.17, 15) is 0 Å². The van der Waals surface area contributed by atoms with Crippen molar-refractivity contribution < 1.29 is 17.1 Å².